The van der Waals surface area contributed by atoms with Crippen LogP contribution in [-0.4, -0.2) is 16.7 Å². The maximum absolute atomic E-state index is 5.45. The van der Waals surface area contributed by atoms with Gasteiger partial charge in [0.05, 0.1) is 0 Å². The minimum Gasteiger partial charge on any atom is -0.339 e. The van der Waals surface area contributed by atoms with Gasteiger partial charge in [0.25, 0.3) is 0 Å². The predicted octanol–water partition coefficient (Wildman–Crippen LogP) is 3.09. The van der Waals surface area contributed by atoms with E-state index in [1.54, 1.807) is 0 Å². The lowest BCUT2D eigenvalue weighted by Crippen LogP contribution is -1.99. The molecule has 2 N–H and O–H groups in total. The van der Waals surface area contributed by atoms with E-state index in [1.807, 2.05) is 25.1 Å². The zero-order valence-corrected chi connectivity index (χ0v) is 11.9. The fourth-order valence-electron chi connectivity index (χ4n) is 1.69. The maximum Gasteiger partial charge on any atom is 0.226 e. The van der Waals surface area contributed by atoms with Gasteiger partial charge in [0, 0.05) is 16.5 Å². The van der Waals surface area contributed by atoms with E-state index >= 15 is 0 Å². The molecule has 0 spiro atoms. The molecular formula is C13H16BrN3O. The van der Waals surface area contributed by atoms with E-state index in [2.05, 4.69) is 26.1 Å². The molecule has 2 aromatic rings. The summed E-state index contributed by atoms with van der Waals surface area (Å²) < 4.78 is 6.21. The van der Waals surface area contributed by atoms with Gasteiger partial charge in [0.1, 0.15) is 0 Å². The highest BCUT2D eigenvalue weighted by atomic mass is 79.9. The molecule has 0 unspecified atom stereocenters. The Morgan fingerprint density at radius 3 is 2.89 bits per heavy atom. The van der Waals surface area contributed by atoms with Crippen LogP contribution in [0.3, 0.4) is 0 Å². The molecule has 4 nitrogen and oxygen atoms in total. The van der Waals surface area contributed by atoms with Gasteiger partial charge >= 0.3 is 0 Å². The van der Waals surface area contributed by atoms with Crippen LogP contribution in [-0.2, 0) is 6.42 Å². The standard InChI is InChI=1S/C13H16BrN3O/c1-9-5-6-10(11(14)8-9)13-16-12(18-17-13)4-2-3-7-15/h5-6,8H,2-4,7,15H2,1H3. The zero-order chi connectivity index (χ0) is 13.0. The third-order valence-corrected chi connectivity index (χ3v) is 3.33. The molecule has 0 aliphatic heterocycles. The fraction of sp³-hybridized carbons (Fsp3) is 0.385. The summed E-state index contributed by atoms with van der Waals surface area (Å²) in [6.07, 6.45) is 2.74. The highest BCUT2D eigenvalue weighted by Crippen LogP contribution is 2.27. The number of hydrogen-bond acceptors (Lipinski definition) is 4. The molecule has 0 aliphatic carbocycles. The van der Waals surface area contributed by atoms with Crippen LogP contribution in [0.15, 0.2) is 27.2 Å². The van der Waals surface area contributed by atoms with Crippen molar-refractivity contribution in [2.75, 3.05) is 6.54 Å². The van der Waals surface area contributed by atoms with Crippen LogP contribution < -0.4 is 5.73 Å². The Morgan fingerprint density at radius 1 is 1.33 bits per heavy atom. The second-order valence-electron chi connectivity index (χ2n) is 4.24. The smallest absolute Gasteiger partial charge is 0.226 e. The fourth-order valence-corrected chi connectivity index (χ4v) is 2.36. The summed E-state index contributed by atoms with van der Waals surface area (Å²) in [5.74, 6) is 1.30. The van der Waals surface area contributed by atoms with Crippen LogP contribution in [0.4, 0.5) is 0 Å². The average molecular weight is 310 g/mol. The van der Waals surface area contributed by atoms with Crippen LogP contribution in [0.25, 0.3) is 11.4 Å². The van der Waals surface area contributed by atoms with Crippen molar-refractivity contribution in [3.8, 4) is 11.4 Å². The molecule has 18 heavy (non-hydrogen) atoms. The molecule has 0 fully saturated rings. The molecule has 1 aromatic carbocycles. The van der Waals surface area contributed by atoms with Crippen LogP contribution >= 0.6 is 15.9 Å². The average Bonchev–Trinajstić information content (AvgIpc) is 2.78. The van der Waals surface area contributed by atoms with Gasteiger partial charge in [-0.15, -0.1) is 0 Å². The minimum absolute atomic E-state index is 0.629. The van der Waals surface area contributed by atoms with Crippen molar-refractivity contribution in [2.45, 2.75) is 26.2 Å². The molecule has 5 heteroatoms. The van der Waals surface area contributed by atoms with E-state index in [9.17, 15) is 0 Å². The van der Waals surface area contributed by atoms with Crippen molar-refractivity contribution in [1.29, 1.82) is 0 Å². The summed E-state index contributed by atoms with van der Waals surface area (Å²) in [7, 11) is 0. The Morgan fingerprint density at radius 2 is 2.17 bits per heavy atom. The van der Waals surface area contributed by atoms with Gasteiger partial charge in [-0.3, -0.25) is 0 Å². The molecule has 96 valence electrons. The summed E-state index contributed by atoms with van der Waals surface area (Å²) in [6.45, 7) is 2.74. The van der Waals surface area contributed by atoms with E-state index in [1.165, 1.54) is 5.56 Å². The lowest BCUT2D eigenvalue weighted by Gasteiger charge is -1.99. The van der Waals surface area contributed by atoms with E-state index in [-0.39, 0.29) is 0 Å². The van der Waals surface area contributed by atoms with Gasteiger partial charge in [-0.2, -0.15) is 4.98 Å². The molecule has 2 rings (SSSR count). The van der Waals surface area contributed by atoms with Crippen LogP contribution in [0.5, 0.6) is 0 Å². The summed E-state index contributed by atoms with van der Waals surface area (Å²) in [4.78, 5) is 4.39. The van der Waals surface area contributed by atoms with Gasteiger partial charge in [0.2, 0.25) is 11.7 Å². The minimum atomic E-state index is 0.629. The van der Waals surface area contributed by atoms with Gasteiger partial charge < -0.3 is 10.3 Å². The highest BCUT2D eigenvalue weighted by molar-refractivity contribution is 9.10. The number of aromatic nitrogens is 2. The third kappa shape index (κ3) is 3.17. The first-order valence-corrected chi connectivity index (χ1v) is 6.79. The quantitative estimate of drug-likeness (QED) is 0.862. The normalized spacial score (nSPS) is 10.8. The van der Waals surface area contributed by atoms with E-state index in [4.69, 9.17) is 10.3 Å². The van der Waals surface area contributed by atoms with E-state index < -0.39 is 0 Å². The third-order valence-electron chi connectivity index (χ3n) is 2.68. The number of nitrogens with two attached hydrogens (primary N) is 1. The number of nitrogens with zero attached hydrogens (tertiary/aromatic N) is 2. The second kappa shape index (κ2) is 6.11. The van der Waals surface area contributed by atoms with Gasteiger partial charge in [0.15, 0.2) is 0 Å². The largest absolute Gasteiger partial charge is 0.339 e. The molecule has 0 radical (unpaired) electrons. The van der Waals surface area contributed by atoms with Gasteiger partial charge in [-0.1, -0.05) is 27.2 Å². The van der Waals surface area contributed by atoms with Gasteiger partial charge in [-0.25, -0.2) is 0 Å². The number of rotatable bonds is 5. The lowest BCUT2D eigenvalue weighted by atomic mass is 10.1. The highest BCUT2D eigenvalue weighted by Gasteiger charge is 2.11. The molecule has 0 saturated carbocycles. The monoisotopic (exact) mass is 309 g/mol. The van der Waals surface area contributed by atoms with Crippen molar-refractivity contribution in [2.24, 2.45) is 5.73 Å². The molecule has 1 aromatic heterocycles. The molecular weight excluding hydrogens is 294 g/mol. The SMILES string of the molecule is Cc1ccc(-c2noc(CCCCN)n2)c(Br)c1. The van der Waals surface area contributed by atoms with Crippen molar-refractivity contribution in [3.63, 3.8) is 0 Å². The van der Waals surface area contributed by atoms with Crippen molar-refractivity contribution in [3.05, 3.63) is 34.1 Å². The van der Waals surface area contributed by atoms with Crippen LogP contribution in [0, 0.1) is 6.92 Å². The van der Waals surface area contributed by atoms with Gasteiger partial charge in [-0.05, 0) is 44.0 Å². The van der Waals surface area contributed by atoms with Crippen molar-refractivity contribution >= 4 is 15.9 Å². The van der Waals surface area contributed by atoms with Crippen LogP contribution in [0.2, 0.25) is 0 Å². The molecule has 0 bridgehead atoms. The Kier molecular flexibility index (Phi) is 4.49. The molecule has 0 atom stereocenters. The Labute approximate surface area is 115 Å². The Hall–Kier alpha value is -1.20. The maximum atomic E-state index is 5.45. The topological polar surface area (TPSA) is 64.9 Å². The number of halogens is 1. The van der Waals surface area contributed by atoms with E-state index in [0.717, 1.165) is 29.3 Å². The Balaban J connectivity index is 2.13. The number of aryl methyl sites for hydroxylation is 2. The Bertz CT molecular complexity index is 525. The molecule has 1 heterocycles. The second-order valence-corrected chi connectivity index (χ2v) is 5.10. The zero-order valence-electron chi connectivity index (χ0n) is 10.3. The summed E-state index contributed by atoms with van der Waals surface area (Å²) >= 11 is 3.52. The number of hydrogen-bond donors (Lipinski definition) is 1. The van der Waals surface area contributed by atoms with Crippen molar-refractivity contribution < 1.29 is 4.52 Å². The molecule has 0 saturated heterocycles. The first-order valence-electron chi connectivity index (χ1n) is 6.00. The summed E-state index contributed by atoms with van der Waals surface area (Å²) in [5, 5.41) is 4.01. The number of benzene rings is 1. The first-order chi connectivity index (χ1) is 8.70. The molecule has 0 amide bonds. The van der Waals surface area contributed by atoms with E-state index in [0.29, 0.717) is 18.3 Å². The number of unbranched alkanes of at least 4 members (excludes halogenated alkanes) is 1. The predicted molar refractivity (Wildman–Crippen MR) is 74.2 cm³/mol. The summed E-state index contributed by atoms with van der Waals surface area (Å²) in [6, 6.07) is 6.07. The van der Waals surface area contributed by atoms with Crippen molar-refractivity contribution in [1.82, 2.24) is 10.1 Å². The summed E-state index contributed by atoms with van der Waals surface area (Å²) in [5.41, 5.74) is 7.60. The lowest BCUT2D eigenvalue weighted by molar-refractivity contribution is 0.375. The molecule has 0 aliphatic rings. The first kappa shape index (κ1) is 13.2. The van der Waals surface area contributed by atoms with Crippen LogP contribution in [0.1, 0.15) is 24.3 Å².